The van der Waals surface area contributed by atoms with Crippen molar-refractivity contribution in [3.63, 3.8) is 0 Å². The standard InChI is InChI=1S/C9H13N3O/c1-2-6(3-1)8-11-9(13-12-8)7-4-10-5-7/h6-7,10H,1-5H2. The average Bonchev–Trinajstić information content (AvgIpc) is 2.29. The van der Waals surface area contributed by atoms with Crippen LogP contribution in [0.15, 0.2) is 4.52 Å². The molecule has 70 valence electrons. The lowest BCUT2D eigenvalue weighted by molar-refractivity contribution is 0.301. The predicted octanol–water partition coefficient (Wildman–Crippen LogP) is 1.02. The van der Waals surface area contributed by atoms with Gasteiger partial charge in [0, 0.05) is 19.0 Å². The normalized spacial score (nSPS) is 24.0. The van der Waals surface area contributed by atoms with Gasteiger partial charge in [0.2, 0.25) is 5.89 Å². The molecule has 0 radical (unpaired) electrons. The van der Waals surface area contributed by atoms with Crippen LogP contribution in [-0.4, -0.2) is 23.2 Å². The Morgan fingerprint density at radius 3 is 2.62 bits per heavy atom. The molecule has 0 atom stereocenters. The Bertz CT molecular complexity index is 273. The van der Waals surface area contributed by atoms with E-state index >= 15 is 0 Å². The number of rotatable bonds is 2. The van der Waals surface area contributed by atoms with Crippen molar-refractivity contribution in [1.29, 1.82) is 0 Å². The van der Waals surface area contributed by atoms with Crippen molar-refractivity contribution in [3.8, 4) is 0 Å². The number of nitrogens with zero attached hydrogens (tertiary/aromatic N) is 2. The molecule has 3 rings (SSSR count). The molecule has 0 amide bonds. The van der Waals surface area contributed by atoms with Crippen molar-refractivity contribution >= 4 is 0 Å². The summed E-state index contributed by atoms with van der Waals surface area (Å²) in [5.41, 5.74) is 0. The van der Waals surface area contributed by atoms with Crippen molar-refractivity contribution < 1.29 is 4.52 Å². The molecule has 0 bridgehead atoms. The van der Waals surface area contributed by atoms with Crippen molar-refractivity contribution in [3.05, 3.63) is 11.7 Å². The Morgan fingerprint density at radius 2 is 2.08 bits per heavy atom. The van der Waals surface area contributed by atoms with Crippen LogP contribution in [0.2, 0.25) is 0 Å². The first-order valence-electron chi connectivity index (χ1n) is 4.97. The van der Waals surface area contributed by atoms with Crippen molar-refractivity contribution in [2.45, 2.75) is 31.1 Å². The minimum atomic E-state index is 0.473. The molecule has 13 heavy (non-hydrogen) atoms. The van der Waals surface area contributed by atoms with Gasteiger partial charge in [0.25, 0.3) is 0 Å². The van der Waals surface area contributed by atoms with Crippen molar-refractivity contribution in [1.82, 2.24) is 15.5 Å². The summed E-state index contributed by atoms with van der Waals surface area (Å²) in [4.78, 5) is 4.44. The molecule has 0 spiro atoms. The summed E-state index contributed by atoms with van der Waals surface area (Å²) in [5.74, 6) is 2.83. The summed E-state index contributed by atoms with van der Waals surface area (Å²) in [6.07, 6.45) is 3.79. The molecule has 2 heterocycles. The maximum atomic E-state index is 5.22. The van der Waals surface area contributed by atoms with Crippen LogP contribution in [0.5, 0.6) is 0 Å². The molecule has 1 N–H and O–H groups in total. The zero-order valence-corrected chi connectivity index (χ0v) is 7.49. The third-order valence-corrected chi connectivity index (χ3v) is 3.06. The molecule has 1 aliphatic carbocycles. The third-order valence-electron chi connectivity index (χ3n) is 3.06. The van der Waals surface area contributed by atoms with E-state index in [-0.39, 0.29) is 0 Å². The monoisotopic (exact) mass is 179 g/mol. The fourth-order valence-corrected chi connectivity index (χ4v) is 1.71. The van der Waals surface area contributed by atoms with Crippen LogP contribution in [0.4, 0.5) is 0 Å². The van der Waals surface area contributed by atoms with Gasteiger partial charge in [-0.3, -0.25) is 0 Å². The molecule has 1 aromatic rings. The molecule has 1 saturated heterocycles. The lowest BCUT2D eigenvalue weighted by Gasteiger charge is -2.23. The SMILES string of the molecule is C1CC(c2noc(C3CNC3)n2)C1. The van der Waals surface area contributed by atoms with E-state index in [4.69, 9.17) is 4.52 Å². The second-order valence-electron chi connectivity index (χ2n) is 3.97. The van der Waals surface area contributed by atoms with Crippen LogP contribution >= 0.6 is 0 Å². The van der Waals surface area contributed by atoms with Gasteiger partial charge in [0.1, 0.15) is 0 Å². The Kier molecular flexibility index (Phi) is 1.62. The first-order chi connectivity index (χ1) is 6.43. The third kappa shape index (κ3) is 1.16. The highest BCUT2D eigenvalue weighted by Gasteiger charge is 2.29. The molecule has 4 heteroatoms. The van der Waals surface area contributed by atoms with E-state index in [1.54, 1.807) is 0 Å². The first kappa shape index (κ1) is 7.50. The highest BCUT2D eigenvalue weighted by molar-refractivity contribution is 5.05. The molecule has 1 saturated carbocycles. The molecule has 2 aliphatic rings. The lowest BCUT2D eigenvalue weighted by Crippen LogP contribution is -2.40. The summed E-state index contributed by atoms with van der Waals surface area (Å²) in [6.45, 7) is 1.98. The van der Waals surface area contributed by atoms with Gasteiger partial charge in [-0.2, -0.15) is 4.98 Å². The zero-order chi connectivity index (χ0) is 8.67. The summed E-state index contributed by atoms with van der Waals surface area (Å²) >= 11 is 0. The van der Waals surface area contributed by atoms with Crippen molar-refractivity contribution in [2.24, 2.45) is 0 Å². The molecule has 0 aromatic carbocycles. The van der Waals surface area contributed by atoms with Gasteiger partial charge in [0.05, 0.1) is 5.92 Å². The van der Waals surface area contributed by atoms with Crippen LogP contribution in [0.3, 0.4) is 0 Å². The summed E-state index contributed by atoms with van der Waals surface area (Å²) in [6, 6.07) is 0. The van der Waals surface area contributed by atoms with E-state index < -0.39 is 0 Å². The molecule has 1 aromatic heterocycles. The lowest BCUT2D eigenvalue weighted by atomic mass is 9.85. The number of hydrogen-bond acceptors (Lipinski definition) is 4. The van der Waals surface area contributed by atoms with Gasteiger partial charge >= 0.3 is 0 Å². The van der Waals surface area contributed by atoms with Gasteiger partial charge in [-0.25, -0.2) is 0 Å². The topological polar surface area (TPSA) is 51.0 Å². The largest absolute Gasteiger partial charge is 0.339 e. The highest BCUT2D eigenvalue weighted by atomic mass is 16.5. The first-order valence-corrected chi connectivity index (χ1v) is 4.97. The van der Waals surface area contributed by atoms with Gasteiger partial charge < -0.3 is 9.84 Å². The molecule has 4 nitrogen and oxygen atoms in total. The average molecular weight is 179 g/mol. The minimum Gasteiger partial charge on any atom is -0.339 e. The van der Waals surface area contributed by atoms with E-state index in [0.717, 1.165) is 24.8 Å². The van der Waals surface area contributed by atoms with E-state index in [9.17, 15) is 0 Å². The quantitative estimate of drug-likeness (QED) is 0.736. The smallest absolute Gasteiger partial charge is 0.232 e. The molecular weight excluding hydrogens is 166 g/mol. The maximum absolute atomic E-state index is 5.22. The second kappa shape index (κ2) is 2.80. The molecule has 1 aliphatic heterocycles. The summed E-state index contributed by atoms with van der Waals surface area (Å²) in [7, 11) is 0. The maximum Gasteiger partial charge on any atom is 0.232 e. The van der Waals surface area contributed by atoms with E-state index in [1.165, 1.54) is 19.3 Å². The fraction of sp³-hybridized carbons (Fsp3) is 0.778. The Labute approximate surface area is 76.7 Å². The van der Waals surface area contributed by atoms with Crippen LogP contribution < -0.4 is 5.32 Å². The van der Waals surface area contributed by atoms with Gasteiger partial charge in [-0.05, 0) is 12.8 Å². The van der Waals surface area contributed by atoms with Crippen LogP contribution in [0.25, 0.3) is 0 Å². The van der Waals surface area contributed by atoms with E-state index in [0.29, 0.717) is 11.8 Å². The number of nitrogens with one attached hydrogen (secondary N) is 1. The van der Waals surface area contributed by atoms with Crippen LogP contribution in [0, 0.1) is 0 Å². The molecular formula is C9H13N3O. The van der Waals surface area contributed by atoms with Gasteiger partial charge in [-0.1, -0.05) is 11.6 Å². The number of aromatic nitrogens is 2. The van der Waals surface area contributed by atoms with E-state index in [2.05, 4.69) is 15.5 Å². The van der Waals surface area contributed by atoms with Crippen LogP contribution in [-0.2, 0) is 0 Å². The van der Waals surface area contributed by atoms with E-state index in [1.807, 2.05) is 0 Å². The minimum absolute atomic E-state index is 0.473. The van der Waals surface area contributed by atoms with Crippen molar-refractivity contribution in [2.75, 3.05) is 13.1 Å². The summed E-state index contributed by atoms with van der Waals surface area (Å²) < 4.78 is 5.22. The second-order valence-corrected chi connectivity index (χ2v) is 3.97. The molecule has 2 fully saturated rings. The summed E-state index contributed by atoms with van der Waals surface area (Å²) in [5, 5.41) is 7.23. The Hall–Kier alpha value is -0.900. The van der Waals surface area contributed by atoms with Gasteiger partial charge in [-0.15, -0.1) is 0 Å². The Morgan fingerprint density at radius 1 is 1.23 bits per heavy atom. The fourth-order valence-electron chi connectivity index (χ4n) is 1.71. The highest BCUT2D eigenvalue weighted by Crippen LogP contribution is 2.35. The molecule has 0 unspecified atom stereocenters. The predicted molar refractivity (Wildman–Crippen MR) is 46.5 cm³/mol. The van der Waals surface area contributed by atoms with Gasteiger partial charge in [0.15, 0.2) is 5.82 Å². The number of hydrogen-bond donors (Lipinski definition) is 1. The van der Waals surface area contributed by atoms with Crippen LogP contribution in [0.1, 0.15) is 42.8 Å². The Balaban J connectivity index is 1.76. The zero-order valence-electron chi connectivity index (χ0n) is 7.49.